The van der Waals surface area contributed by atoms with E-state index in [1.165, 1.54) is 11.0 Å². The van der Waals surface area contributed by atoms with Gasteiger partial charge in [-0.3, -0.25) is 4.79 Å². The van der Waals surface area contributed by atoms with E-state index in [1.807, 2.05) is 0 Å². The number of carbonyl (C=O) groups excluding carboxylic acids is 1. The maximum Gasteiger partial charge on any atom is 0.256 e. The summed E-state index contributed by atoms with van der Waals surface area (Å²) in [6, 6.07) is 6.36. The number of carbonyl (C=O) groups is 1. The van der Waals surface area contributed by atoms with E-state index in [0.29, 0.717) is 25.0 Å². The van der Waals surface area contributed by atoms with Crippen molar-refractivity contribution in [3.05, 3.63) is 53.7 Å². The third-order valence-electron chi connectivity index (χ3n) is 3.66. The minimum atomic E-state index is -0.855. The maximum atomic E-state index is 13.8. The molecule has 3 rings (SSSR count). The molecule has 1 aliphatic heterocycles. The Bertz CT molecular complexity index is 697. The van der Waals surface area contributed by atoms with Crippen LogP contribution in [0.15, 0.2) is 36.5 Å². The molecule has 0 N–H and O–H groups in total. The number of ether oxygens (including phenoxy) is 1. The molecule has 0 bridgehead atoms. The average Bonchev–Trinajstić information content (AvgIpc) is 2.55. The minimum Gasteiger partial charge on any atom is -0.471 e. The van der Waals surface area contributed by atoms with Gasteiger partial charge in [0.25, 0.3) is 5.91 Å². The van der Waals surface area contributed by atoms with Crippen LogP contribution in [0, 0.1) is 11.6 Å². The first-order chi connectivity index (χ1) is 11.1. The molecule has 2 heterocycles. The number of hydrogen-bond acceptors (Lipinski definition) is 4. The van der Waals surface area contributed by atoms with Crippen molar-refractivity contribution in [2.75, 3.05) is 13.1 Å². The van der Waals surface area contributed by atoms with Crippen molar-refractivity contribution in [1.82, 2.24) is 15.1 Å². The van der Waals surface area contributed by atoms with Crippen LogP contribution in [0.2, 0.25) is 0 Å². The largest absolute Gasteiger partial charge is 0.471 e. The molecule has 0 radical (unpaired) electrons. The van der Waals surface area contributed by atoms with Crippen LogP contribution in [-0.4, -0.2) is 40.2 Å². The second-order valence-corrected chi connectivity index (χ2v) is 5.32. The Morgan fingerprint density at radius 1 is 1.30 bits per heavy atom. The minimum absolute atomic E-state index is 0.133. The molecule has 1 atom stereocenters. The van der Waals surface area contributed by atoms with Crippen molar-refractivity contribution in [1.29, 1.82) is 0 Å². The predicted octanol–water partition coefficient (Wildman–Crippen LogP) is 2.44. The third kappa shape index (κ3) is 3.61. The molecule has 5 nitrogen and oxygen atoms in total. The van der Waals surface area contributed by atoms with E-state index in [-0.39, 0.29) is 11.7 Å². The van der Waals surface area contributed by atoms with Gasteiger partial charge >= 0.3 is 0 Å². The lowest BCUT2D eigenvalue weighted by molar-refractivity contribution is 0.0521. The highest BCUT2D eigenvalue weighted by Crippen LogP contribution is 2.19. The van der Waals surface area contributed by atoms with Gasteiger partial charge in [0.15, 0.2) is 0 Å². The Kier molecular flexibility index (Phi) is 4.45. The smallest absolute Gasteiger partial charge is 0.256 e. The number of nitrogens with zero attached hydrogens (tertiary/aromatic N) is 3. The molecule has 0 aliphatic carbocycles. The quantitative estimate of drug-likeness (QED) is 0.872. The number of aromatic nitrogens is 2. The zero-order chi connectivity index (χ0) is 16.2. The number of halogens is 2. The molecule has 1 saturated heterocycles. The van der Waals surface area contributed by atoms with Crippen LogP contribution in [0.25, 0.3) is 0 Å². The Morgan fingerprint density at radius 2 is 2.17 bits per heavy atom. The van der Waals surface area contributed by atoms with Gasteiger partial charge < -0.3 is 9.64 Å². The van der Waals surface area contributed by atoms with Gasteiger partial charge in [0.05, 0.1) is 12.1 Å². The van der Waals surface area contributed by atoms with Crippen LogP contribution in [-0.2, 0) is 0 Å². The lowest BCUT2D eigenvalue weighted by Crippen LogP contribution is -2.44. The summed E-state index contributed by atoms with van der Waals surface area (Å²) < 4.78 is 32.4. The standard InChI is InChI=1S/C16H15F2N3O2/c17-11-5-6-13(14(18)9-11)16(22)21-8-2-3-12(10-21)23-15-4-1-7-19-20-15/h1,4-7,9,12H,2-3,8,10H2. The first-order valence-electron chi connectivity index (χ1n) is 7.32. The van der Waals surface area contributed by atoms with E-state index in [2.05, 4.69) is 10.2 Å². The number of rotatable bonds is 3. The summed E-state index contributed by atoms with van der Waals surface area (Å²) in [5.74, 6) is -1.64. The zero-order valence-electron chi connectivity index (χ0n) is 12.3. The molecule has 0 saturated carbocycles. The fraction of sp³-hybridized carbons (Fsp3) is 0.312. The van der Waals surface area contributed by atoms with E-state index in [9.17, 15) is 13.6 Å². The summed E-state index contributed by atoms with van der Waals surface area (Å²) in [7, 11) is 0. The molecule has 7 heteroatoms. The van der Waals surface area contributed by atoms with Gasteiger partial charge in [-0.2, -0.15) is 5.10 Å². The number of hydrogen-bond donors (Lipinski definition) is 0. The summed E-state index contributed by atoms with van der Waals surface area (Å²) in [6.45, 7) is 0.836. The van der Waals surface area contributed by atoms with Gasteiger partial charge in [0.1, 0.15) is 17.7 Å². The Morgan fingerprint density at radius 3 is 2.91 bits per heavy atom. The molecule has 120 valence electrons. The van der Waals surface area contributed by atoms with Crippen LogP contribution in [0.1, 0.15) is 23.2 Å². The van der Waals surface area contributed by atoms with E-state index in [1.54, 1.807) is 18.3 Å². The first-order valence-corrected chi connectivity index (χ1v) is 7.32. The predicted molar refractivity (Wildman–Crippen MR) is 77.9 cm³/mol. The summed E-state index contributed by atoms with van der Waals surface area (Å²) >= 11 is 0. The van der Waals surface area contributed by atoms with Crippen molar-refractivity contribution in [3.63, 3.8) is 0 Å². The molecule has 1 aromatic heterocycles. The summed E-state index contributed by atoms with van der Waals surface area (Å²) in [5.41, 5.74) is -0.133. The molecule has 1 unspecified atom stereocenters. The Labute approximate surface area is 131 Å². The van der Waals surface area contributed by atoms with E-state index in [0.717, 1.165) is 18.9 Å². The molecule has 1 aliphatic rings. The molecule has 2 aromatic rings. The summed E-state index contributed by atoms with van der Waals surface area (Å²) in [4.78, 5) is 13.9. The van der Waals surface area contributed by atoms with Crippen LogP contribution in [0.3, 0.4) is 0 Å². The molecule has 1 aromatic carbocycles. The second kappa shape index (κ2) is 6.68. The van der Waals surface area contributed by atoms with Crippen LogP contribution >= 0.6 is 0 Å². The molecular weight excluding hydrogens is 304 g/mol. The van der Waals surface area contributed by atoms with Crippen molar-refractivity contribution >= 4 is 5.91 Å². The van der Waals surface area contributed by atoms with Gasteiger partial charge in [0.2, 0.25) is 5.88 Å². The number of likely N-dealkylation sites (tertiary alicyclic amines) is 1. The van der Waals surface area contributed by atoms with Crippen LogP contribution < -0.4 is 4.74 Å². The maximum absolute atomic E-state index is 13.8. The molecule has 0 spiro atoms. The van der Waals surface area contributed by atoms with E-state index < -0.39 is 17.5 Å². The number of amides is 1. The zero-order valence-corrected chi connectivity index (χ0v) is 12.3. The number of benzene rings is 1. The van der Waals surface area contributed by atoms with Gasteiger partial charge in [-0.05, 0) is 31.0 Å². The Balaban J connectivity index is 1.69. The normalized spacial score (nSPS) is 17.8. The van der Waals surface area contributed by atoms with Crippen LogP contribution in [0.4, 0.5) is 8.78 Å². The van der Waals surface area contributed by atoms with E-state index in [4.69, 9.17) is 4.74 Å². The number of piperidine rings is 1. The Hall–Kier alpha value is -2.57. The second-order valence-electron chi connectivity index (χ2n) is 5.32. The average molecular weight is 319 g/mol. The summed E-state index contributed by atoms with van der Waals surface area (Å²) in [6.07, 6.45) is 2.82. The lowest BCUT2D eigenvalue weighted by atomic mass is 10.1. The highest BCUT2D eigenvalue weighted by atomic mass is 19.1. The van der Waals surface area contributed by atoms with Gasteiger partial charge in [-0.1, -0.05) is 0 Å². The van der Waals surface area contributed by atoms with Crippen molar-refractivity contribution in [2.45, 2.75) is 18.9 Å². The van der Waals surface area contributed by atoms with Crippen molar-refractivity contribution < 1.29 is 18.3 Å². The molecule has 1 fully saturated rings. The van der Waals surface area contributed by atoms with Gasteiger partial charge in [0, 0.05) is 24.9 Å². The molecular formula is C16H15F2N3O2. The lowest BCUT2D eigenvalue weighted by Gasteiger charge is -2.32. The van der Waals surface area contributed by atoms with Crippen molar-refractivity contribution in [2.24, 2.45) is 0 Å². The van der Waals surface area contributed by atoms with E-state index >= 15 is 0 Å². The first kappa shape index (κ1) is 15.3. The topological polar surface area (TPSA) is 55.3 Å². The SMILES string of the molecule is O=C(c1ccc(F)cc1F)N1CCCC(Oc2cccnn2)C1. The fourth-order valence-corrected chi connectivity index (χ4v) is 2.57. The van der Waals surface area contributed by atoms with Crippen LogP contribution in [0.5, 0.6) is 5.88 Å². The van der Waals surface area contributed by atoms with Gasteiger partial charge in [-0.25, -0.2) is 8.78 Å². The molecule has 23 heavy (non-hydrogen) atoms. The highest BCUT2D eigenvalue weighted by Gasteiger charge is 2.27. The fourth-order valence-electron chi connectivity index (χ4n) is 2.57. The van der Waals surface area contributed by atoms with Gasteiger partial charge in [-0.15, -0.1) is 5.10 Å². The highest BCUT2D eigenvalue weighted by molar-refractivity contribution is 5.94. The third-order valence-corrected chi connectivity index (χ3v) is 3.66. The monoisotopic (exact) mass is 319 g/mol. The molecule has 1 amide bonds. The summed E-state index contributed by atoms with van der Waals surface area (Å²) in [5, 5.41) is 7.58. The van der Waals surface area contributed by atoms with Crippen molar-refractivity contribution in [3.8, 4) is 5.88 Å².